The number of benzene rings is 1. The summed E-state index contributed by atoms with van der Waals surface area (Å²) in [6.07, 6.45) is 2.32. The van der Waals surface area contributed by atoms with Gasteiger partial charge in [-0.1, -0.05) is 6.92 Å². The van der Waals surface area contributed by atoms with Crippen LogP contribution in [0.2, 0.25) is 0 Å². The SMILES string of the molecule is CCN1CCC(N(C)c2ccc(F)cc2CN)CC1. The summed E-state index contributed by atoms with van der Waals surface area (Å²) >= 11 is 0. The van der Waals surface area contributed by atoms with E-state index in [1.807, 2.05) is 6.07 Å². The molecule has 0 amide bonds. The van der Waals surface area contributed by atoms with Crippen LogP contribution in [0.1, 0.15) is 25.3 Å². The molecular formula is C15H24FN3. The average molecular weight is 265 g/mol. The Hall–Kier alpha value is -1.13. The molecule has 106 valence electrons. The number of anilines is 1. The Balaban J connectivity index is 2.09. The molecule has 1 aliphatic rings. The van der Waals surface area contributed by atoms with Gasteiger partial charge in [0.15, 0.2) is 0 Å². The fourth-order valence-corrected chi connectivity index (χ4v) is 2.88. The smallest absolute Gasteiger partial charge is 0.123 e. The van der Waals surface area contributed by atoms with Crippen molar-refractivity contribution in [2.24, 2.45) is 5.73 Å². The minimum Gasteiger partial charge on any atom is -0.371 e. The zero-order valence-corrected chi connectivity index (χ0v) is 11.9. The summed E-state index contributed by atoms with van der Waals surface area (Å²) in [5.41, 5.74) is 7.69. The van der Waals surface area contributed by atoms with Crippen molar-refractivity contribution >= 4 is 5.69 Å². The van der Waals surface area contributed by atoms with Gasteiger partial charge in [0.05, 0.1) is 0 Å². The molecule has 0 aliphatic carbocycles. The first-order chi connectivity index (χ1) is 9.15. The van der Waals surface area contributed by atoms with Crippen LogP contribution in [0.25, 0.3) is 0 Å². The molecule has 4 heteroatoms. The molecule has 0 unspecified atom stereocenters. The highest BCUT2D eigenvalue weighted by molar-refractivity contribution is 5.54. The van der Waals surface area contributed by atoms with Gasteiger partial charge >= 0.3 is 0 Å². The van der Waals surface area contributed by atoms with E-state index in [0.29, 0.717) is 12.6 Å². The van der Waals surface area contributed by atoms with E-state index in [9.17, 15) is 4.39 Å². The third-order valence-electron chi connectivity index (χ3n) is 4.19. The number of nitrogens with zero attached hydrogens (tertiary/aromatic N) is 2. The van der Waals surface area contributed by atoms with Gasteiger partial charge in [-0.25, -0.2) is 4.39 Å². The Kier molecular flexibility index (Phi) is 4.77. The van der Waals surface area contributed by atoms with Crippen LogP contribution in [0.15, 0.2) is 18.2 Å². The summed E-state index contributed by atoms with van der Waals surface area (Å²) in [6.45, 7) is 6.00. The number of rotatable bonds is 4. The highest BCUT2D eigenvalue weighted by Gasteiger charge is 2.23. The van der Waals surface area contributed by atoms with Crippen molar-refractivity contribution in [2.45, 2.75) is 32.4 Å². The zero-order valence-electron chi connectivity index (χ0n) is 11.9. The molecule has 0 atom stereocenters. The molecule has 3 nitrogen and oxygen atoms in total. The summed E-state index contributed by atoms with van der Waals surface area (Å²) in [5.74, 6) is -0.210. The van der Waals surface area contributed by atoms with Gasteiger partial charge in [0, 0.05) is 38.4 Å². The van der Waals surface area contributed by atoms with E-state index in [4.69, 9.17) is 5.73 Å². The average Bonchev–Trinajstić information content (AvgIpc) is 2.46. The Bertz CT molecular complexity index is 414. The Morgan fingerprint density at radius 2 is 2.05 bits per heavy atom. The number of nitrogens with two attached hydrogens (primary N) is 1. The molecule has 1 saturated heterocycles. The van der Waals surface area contributed by atoms with Crippen LogP contribution in [0, 0.1) is 5.82 Å². The molecular weight excluding hydrogens is 241 g/mol. The molecule has 2 N–H and O–H groups in total. The second-order valence-corrected chi connectivity index (χ2v) is 5.25. The first kappa shape index (κ1) is 14.3. The van der Waals surface area contributed by atoms with Gasteiger partial charge in [0.1, 0.15) is 5.82 Å². The largest absolute Gasteiger partial charge is 0.371 e. The molecule has 2 rings (SSSR count). The van der Waals surface area contributed by atoms with Crippen LogP contribution in [-0.2, 0) is 6.54 Å². The van der Waals surface area contributed by atoms with Gasteiger partial charge in [0.2, 0.25) is 0 Å². The third kappa shape index (κ3) is 3.25. The van der Waals surface area contributed by atoms with Crippen molar-refractivity contribution in [3.63, 3.8) is 0 Å². The van der Waals surface area contributed by atoms with Crippen molar-refractivity contribution in [1.29, 1.82) is 0 Å². The van der Waals surface area contributed by atoms with Gasteiger partial charge in [-0.3, -0.25) is 0 Å². The minimum atomic E-state index is -0.210. The molecule has 0 aromatic heterocycles. The molecule has 1 aliphatic heterocycles. The predicted molar refractivity (Wildman–Crippen MR) is 77.8 cm³/mol. The Morgan fingerprint density at radius 3 is 2.63 bits per heavy atom. The molecule has 19 heavy (non-hydrogen) atoms. The monoisotopic (exact) mass is 265 g/mol. The lowest BCUT2D eigenvalue weighted by Crippen LogP contribution is -2.43. The number of likely N-dealkylation sites (tertiary alicyclic amines) is 1. The first-order valence-corrected chi connectivity index (χ1v) is 7.09. The summed E-state index contributed by atoms with van der Waals surface area (Å²) in [7, 11) is 2.10. The van der Waals surface area contributed by atoms with Crippen LogP contribution in [-0.4, -0.2) is 37.6 Å². The number of hydrogen-bond donors (Lipinski definition) is 1. The molecule has 1 aromatic rings. The highest BCUT2D eigenvalue weighted by atomic mass is 19.1. The third-order valence-corrected chi connectivity index (χ3v) is 4.19. The van der Waals surface area contributed by atoms with E-state index in [-0.39, 0.29) is 5.82 Å². The molecule has 0 radical (unpaired) electrons. The van der Waals surface area contributed by atoms with Crippen LogP contribution in [0.5, 0.6) is 0 Å². The van der Waals surface area contributed by atoms with Crippen LogP contribution >= 0.6 is 0 Å². The van der Waals surface area contributed by atoms with Gasteiger partial charge in [-0.15, -0.1) is 0 Å². The van der Waals surface area contributed by atoms with E-state index in [2.05, 4.69) is 23.8 Å². The number of halogens is 1. The van der Waals surface area contributed by atoms with Crippen molar-refractivity contribution in [1.82, 2.24) is 4.90 Å². The van der Waals surface area contributed by atoms with Crippen LogP contribution in [0.4, 0.5) is 10.1 Å². The normalized spacial score (nSPS) is 17.7. The van der Waals surface area contributed by atoms with E-state index in [0.717, 1.165) is 43.7 Å². The molecule has 1 fully saturated rings. The summed E-state index contributed by atoms with van der Waals surface area (Å²) in [5, 5.41) is 0. The summed E-state index contributed by atoms with van der Waals surface area (Å²) in [6, 6.07) is 5.45. The maximum atomic E-state index is 13.3. The van der Waals surface area contributed by atoms with Crippen LogP contribution in [0.3, 0.4) is 0 Å². The lowest BCUT2D eigenvalue weighted by Gasteiger charge is -2.38. The maximum absolute atomic E-state index is 13.3. The summed E-state index contributed by atoms with van der Waals surface area (Å²) in [4.78, 5) is 4.74. The van der Waals surface area contributed by atoms with Gasteiger partial charge in [-0.2, -0.15) is 0 Å². The minimum absolute atomic E-state index is 0.210. The Labute approximate surface area is 115 Å². The van der Waals surface area contributed by atoms with Crippen molar-refractivity contribution in [3.8, 4) is 0 Å². The standard InChI is InChI=1S/C15H24FN3/c1-3-19-8-6-14(7-9-19)18(2)15-5-4-13(16)10-12(15)11-17/h4-5,10,14H,3,6-9,11,17H2,1-2H3. The molecule has 0 spiro atoms. The molecule has 0 saturated carbocycles. The van der Waals surface area contributed by atoms with Gasteiger partial charge < -0.3 is 15.5 Å². The molecule has 1 aromatic carbocycles. The van der Waals surface area contributed by atoms with Crippen molar-refractivity contribution < 1.29 is 4.39 Å². The molecule has 1 heterocycles. The Morgan fingerprint density at radius 1 is 1.37 bits per heavy atom. The maximum Gasteiger partial charge on any atom is 0.123 e. The number of piperidine rings is 1. The summed E-state index contributed by atoms with van der Waals surface area (Å²) < 4.78 is 13.3. The van der Waals surface area contributed by atoms with Crippen molar-refractivity contribution in [2.75, 3.05) is 31.6 Å². The van der Waals surface area contributed by atoms with E-state index < -0.39 is 0 Å². The quantitative estimate of drug-likeness (QED) is 0.906. The lowest BCUT2D eigenvalue weighted by atomic mass is 10.0. The zero-order chi connectivity index (χ0) is 13.8. The fourth-order valence-electron chi connectivity index (χ4n) is 2.88. The van der Waals surface area contributed by atoms with Crippen LogP contribution < -0.4 is 10.6 Å². The topological polar surface area (TPSA) is 32.5 Å². The van der Waals surface area contributed by atoms with Gasteiger partial charge in [-0.05, 0) is 43.1 Å². The van der Waals surface area contributed by atoms with Crippen molar-refractivity contribution in [3.05, 3.63) is 29.6 Å². The second kappa shape index (κ2) is 6.35. The van der Waals surface area contributed by atoms with E-state index in [1.54, 1.807) is 6.07 Å². The predicted octanol–water partition coefficient (Wildman–Crippen LogP) is 2.20. The van der Waals surface area contributed by atoms with Gasteiger partial charge in [0.25, 0.3) is 0 Å². The lowest BCUT2D eigenvalue weighted by molar-refractivity contribution is 0.221. The van der Waals surface area contributed by atoms with E-state index in [1.165, 1.54) is 6.07 Å². The number of hydrogen-bond acceptors (Lipinski definition) is 3. The van der Waals surface area contributed by atoms with E-state index >= 15 is 0 Å². The fraction of sp³-hybridized carbons (Fsp3) is 0.600. The highest BCUT2D eigenvalue weighted by Crippen LogP contribution is 2.26. The molecule has 0 bridgehead atoms. The second-order valence-electron chi connectivity index (χ2n) is 5.25. The first-order valence-electron chi connectivity index (χ1n) is 7.09.